The molecule has 1 aliphatic carbocycles. The normalized spacial score (nSPS) is 16.7. The summed E-state index contributed by atoms with van der Waals surface area (Å²) in [4.78, 5) is 13.5. The maximum Gasteiger partial charge on any atom is 0.238 e. The quantitative estimate of drug-likeness (QED) is 0.870. The molecule has 3 rings (SSSR count). The molecule has 0 aliphatic heterocycles. The zero-order valence-corrected chi connectivity index (χ0v) is 16.1. The average Bonchev–Trinajstić information content (AvgIpc) is 3.11. The summed E-state index contributed by atoms with van der Waals surface area (Å²) in [6.45, 7) is 1.43. The van der Waals surface area contributed by atoms with Gasteiger partial charge in [0, 0.05) is 11.1 Å². The van der Waals surface area contributed by atoms with Crippen molar-refractivity contribution in [3.05, 3.63) is 57.3 Å². The number of thiophene rings is 1. The molecule has 1 N–H and O–H groups in total. The molecule has 1 aromatic heterocycles. The number of hydrogen-bond donors (Lipinski definition) is 1. The van der Waals surface area contributed by atoms with Gasteiger partial charge in [-0.25, -0.2) is 8.42 Å². The molecule has 1 amide bonds. The van der Waals surface area contributed by atoms with Crippen molar-refractivity contribution in [1.82, 2.24) is 5.32 Å². The van der Waals surface area contributed by atoms with Crippen LogP contribution in [0.1, 0.15) is 47.4 Å². The van der Waals surface area contributed by atoms with E-state index in [4.69, 9.17) is 0 Å². The van der Waals surface area contributed by atoms with Gasteiger partial charge >= 0.3 is 0 Å². The van der Waals surface area contributed by atoms with Crippen LogP contribution in [-0.4, -0.2) is 25.8 Å². The molecule has 0 fully saturated rings. The summed E-state index contributed by atoms with van der Waals surface area (Å²) in [6, 6.07) is 9.97. The van der Waals surface area contributed by atoms with Gasteiger partial charge < -0.3 is 5.32 Å². The Morgan fingerprint density at radius 1 is 1.16 bits per heavy atom. The fourth-order valence-corrected chi connectivity index (χ4v) is 4.42. The molecule has 0 radical (unpaired) electrons. The van der Waals surface area contributed by atoms with E-state index in [1.54, 1.807) is 11.3 Å². The van der Waals surface area contributed by atoms with Gasteiger partial charge in [0.2, 0.25) is 5.91 Å². The molecule has 0 spiro atoms. The van der Waals surface area contributed by atoms with Crippen LogP contribution < -0.4 is 5.32 Å². The van der Waals surface area contributed by atoms with E-state index < -0.39 is 21.0 Å². The van der Waals surface area contributed by atoms with E-state index in [2.05, 4.69) is 23.5 Å². The van der Waals surface area contributed by atoms with Gasteiger partial charge in [0.25, 0.3) is 0 Å². The van der Waals surface area contributed by atoms with E-state index in [1.165, 1.54) is 30.9 Å². The number of benzene rings is 1. The molecule has 1 heterocycles. The van der Waals surface area contributed by atoms with E-state index >= 15 is 0 Å². The second kappa shape index (κ2) is 7.30. The van der Waals surface area contributed by atoms with E-state index in [0.717, 1.165) is 29.5 Å². The Labute approximate surface area is 153 Å². The van der Waals surface area contributed by atoms with Crippen molar-refractivity contribution >= 4 is 27.1 Å². The molecule has 1 aliphatic rings. The number of nitrogens with one attached hydrogen (secondary N) is 1. The van der Waals surface area contributed by atoms with Crippen molar-refractivity contribution in [2.24, 2.45) is 0 Å². The number of fused-ring (bicyclic) bond motifs is 1. The van der Waals surface area contributed by atoms with Crippen molar-refractivity contribution in [2.75, 3.05) is 6.26 Å². The Kier molecular flexibility index (Phi) is 5.29. The van der Waals surface area contributed by atoms with Crippen LogP contribution in [-0.2, 0) is 27.5 Å². The van der Waals surface area contributed by atoms with Gasteiger partial charge in [-0.1, -0.05) is 24.3 Å². The van der Waals surface area contributed by atoms with Crippen LogP contribution in [0, 0.1) is 0 Å². The molecular weight excluding hydrogens is 354 g/mol. The molecule has 6 heteroatoms. The fraction of sp³-hybridized carbons (Fsp3) is 0.421. The number of sulfone groups is 1. The Bertz CT molecular complexity index is 857. The third-order valence-corrected chi connectivity index (χ3v) is 7.27. The molecule has 2 atom stereocenters. The SMILES string of the molecule is C[C@H](C(=O)N[C@H](c1ccc2c(c1)CCCC2)c1cccs1)S(C)(=O)=O. The fourth-order valence-electron chi connectivity index (χ4n) is 3.16. The molecule has 0 saturated carbocycles. The first-order chi connectivity index (χ1) is 11.9. The van der Waals surface area contributed by atoms with E-state index in [-0.39, 0.29) is 6.04 Å². The van der Waals surface area contributed by atoms with Gasteiger partial charge in [-0.3, -0.25) is 4.79 Å². The molecule has 134 valence electrons. The number of carbonyl (C=O) groups excluding carboxylic acids is 1. The highest BCUT2D eigenvalue weighted by Gasteiger charge is 2.27. The summed E-state index contributed by atoms with van der Waals surface area (Å²) in [7, 11) is -3.42. The lowest BCUT2D eigenvalue weighted by Gasteiger charge is -2.23. The summed E-state index contributed by atoms with van der Waals surface area (Å²) in [6.07, 6.45) is 5.68. The zero-order valence-electron chi connectivity index (χ0n) is 14.5. The first-order valence-corrected chi connectivity index (χ1v) is 11.3. The number of rotatable bonds is 5. The van der Waals surface area contributed by atoms with Gasteiger partial charge in [0.15, 0.2) is 9.84 Å². The first-order valence-electron chi connectivity index (χ1n) is 8.50. The lowest BCUT2D eigenvalue weighted by Crippen LogP contribution is -2.39. The summed E-state index contributed by atoms with van der Waals surface area (Å²) in [5.74, 6) is -0.460. The van der Waals surface area contributed by atoms with E-state index in [0.29, 0.717) is 0 Å². The predicted octanol–water partition coefficient (Wildman–Crippen LogP) is 3.27. The highest BCUT2D eigenvalue weighted by Crippen LogP contribution is 2.30. The molecule has 0 saturated heterocycles. The van der Waals surface area contributed by atoms with Gasteiger partial charge in [-0.05, 0) is 60.7 Å². The second-order valence-corrected chi connectivity index (χ2v) is 10.0. The summed E-state index contributed by atoms with van der Waals surface area (Å²) in [5.41, 5.74) is 3.74. The lowest BCUT2D eigenvalue weighted by molar-refractivity contribution is -0.120. The smallest absolute Gasteiger partial charge is 0.238 e. The zero-order chi connectivity index (χ0) is 18.0. The largest absolute Gasteiger partial charge is 0.343 e. The maximum atomic E-state index is 12.5. The summed E-state index contributed by atoms with van der Waals surface area (Å²) >= 11 is 1.56. The predicted molar refractivity (Wildman–Crippen MR) is 102 cm³/mol. The van der Waals surface area contributed by atoms with Crippen LogP contribution >= 0.6 is 11.3 Å². The average molecular weight is 378 g/mol. The Hall–Kier alpha value is -1.66. The number of carbonyl (C=O) groups is 1. The third kappa shape index (κ3) is 4.12. The molecule has 25 heavy (non-hydrogen) atoms. The highest BCUT2D eigenvalue weighted by atomic mass is 32.2. The van der Waals surface area contributed by atoms with Gasteiger partial charge in [-0.2, -0.15) is 0 Å². The van der Waals surface area contributed by atoms with Gasteiger partial charge in [0.1, 0.15) is 5.25 Å². The minimum atomic E-state index is -3.42. The molecule has 2 aromatic rings. The maximum absolute atomic E-state index is 12.5. The first kappa shape index (κ1) is 18.1. The van der Waals surface area contributed by atoms with Crippen molar-refractivity contribution in [2.45, 2.75) is 43.9 Å². The Morgan fingerprint density at radius 3 is 2.52 bits per heavy atom. The lowest BCUT2D eigenvalue weighted by atomic mass is 9.89. The Morgan fingerprint density at radius 2 is 1.88 bits per heavy atom. The van der Waals surface area contributed by atoms with Crippen LogP contribution in [0.25, 0.3) is 0 Å². The topological polar surface area (TPSA) is 63.2 Å². The number of amides is 1. The van der Waals surface area contributed by atoms with Crippen LogP contribution in [0.2, 0.25) is 0 Å². The molecule has 0 unspecified atom stereocenters. The minimum Gasteiger partial charge on any atom is -0.343 e. The van der Waals surface area contributed by atoms with Gasteiger partial charge in [-0.15, -0.1) is 11.3 Å². The van der Waals surface area contributed by atoms with Gasteiger partial charge in [0.05, 0.1) is 6.04 Å². The summed E-state index contributed by atoms with van der Waals surface area (Å²) in [5, 5.41) is 3.84. The van der Waals surface area contributed by atoms with Crippen molar-refractivity contribution < 1.29 is 13.2 Å². The monoisotopic (exact) mass is 377 g/mol. The van der Waals surface area contributed by atoms with Crippen LogP contribution in [0.5, 0.6) is 0 Å². The van der Waals surface area contributed by atoms with E-state index in [9.17, 15) is 13.2 Å². The molecule has 4 nitrogen and oxygen atoms in total. The van der Waals surface area contributed by atoms with Crippen LogP contribution in [0.4, 0.5) is 0 Å². The van der Waals surface area contributed by atoms with E-state index in [1.807, 2.05) is 17.5 Å². The standard InChI is InChI=1S/C19H23NO3S2/c1-13(25(2,22)23)19(21)20-18(17-8-5-11-24-17)16-10-9-14-6-3-4-7-15(14)12-16/h5,8-13,18H,3-4,6-7H2,1-2H3,(H,20,21)/t13-,18-/m1/s1. The van der Waals surface area contributed by atoms with Crippen LogP contribution in [0.15, 0.2) is 35.7 Å². The molecular formula is C19H23NO3S2. The van der Waals surface area contributed by atoms with Crippen molar-refractivity contribution in [1.29, 1.82) is 0 Å². The molecule has 1 aromatic carbocycles. The summed E-state index contributed by atoms with van der Waals surface area (Å²) < 4.78 is 23.4. The van der Waals surface area contributed by atoms with Crippen LogP contribution in [0.3, 0.4) is 0 Å². The number of hydrogen-bond acceptors (Lipinski definition) is 4. The minimum absolute atomic E-state index is 0.316. The Balaban J connectivity index is 1.92. The van der Waals surface area contributed by atoms with Crippen molar-refractivity contribution in [3.63, 3.8) is 0 Å². The number of aryl methyl sites for hydroxylation is 2. The van der Waals surface area contributed by atoms with Crippen molar-refractivity contribution in [3.8, 4) is 0 Å². The highest BCUT2D eigenvalue weighted by molar-refractivity contribution is 7.92. The second-order valence-electron chi connectivity index (χ2n) is 6.66. The molecule has 0 bridgehead atoms. The third-order valence-electron chi connectivity index (χ3n) is 4.83.